The van der Waals surface area contributed by atoms with Gasteiger partial charge in [0.15, 0.2) is 12.3 Å². The fraction of sp³-hybridized carbons (Fsp3) is 0.846. The van der Waals surface area contributed by atoms with Crippen LogP contribution in [0.4, 0.5) is 0 Å². The predicted molar refractivity (Wildman–Crippen MR) is 75.1 cm³/mol. The van der Waals surface area contributed by atoms with Crippen molar-refractivity contribution >= 4 is 11.8 Å². The molecule has 22 heavy (non-hydrogen) atoms. The minimum atomic E-state index is -1.38. The van der Waals surface area contributed by atoms with Gasteiger partial charge in [0, 0.05) is 13.3 Å². The lowest BCUT2D eigenvalue weighted by molar-refractivity contribution is -0.405. The lowest BCUT2D eigenvalue weighted by atomic mass is 9.95. The van der Waals surface area contributed by atoms with Crippen LogP contribution in [0.15, 0.2) is 0 Å². The maximum atomic E-state index is 12.0. The number of hydrogen-bond donors (Lipinski definition) is 6. The van der Waals surface area contributed by atoms with E-state index < -0.39 is 49.1 Å². The molecule has 0 saturated carbocycles. The molecule has 0 aromatic rings. The summed E-state index contributed by atoms with van der Waals surface area (Å²) < 4.78 is 5.40. The number of hydrogen-bond acceptors (Lipinski definition) is 6. The normalized spacial score (nSPS) is 33.1. The third-order valence-corrected chi connectivity index (χ3v) is 3.59. The second-order valence-electron chi connectivity index (χ2n) is 5.48. The Morgan fingerprint density at radius 3 is 2.41 bits per heavy atom. The average Bonchev–Trinajstić information content (AvgIpc) is 2.46. The Balaban J connectivity index is 2.85. The van der Waals surface area contributed by atoms with E-state index in [1.165, 1.54) is 6.92 Å². The molecule has 1 aliphatic heterocycles. The molecular weight excluding hydrogens is 294 g/mol. The molecule has 0 aromatic carbocycles. The molecule has 0 aromatic heterocycles. The molecule has 0 spiro atoms. The van der Waals surface area contributed by atoms with Crippen LogP contribution in [0.1, 0.15) is 26.7 Å². The van der Waals surface area contributed by atoms with Gasteiger partial charge in [0.25, 0.3) is 5.91 Å². The summed E-state index contributed by atoms with van der Waals surface area (Å²) in [7, 11) is 0. The first-order valence-corrected chi connectivity index (χ1v) is 7.34. The maximum Gasteiger partial charge on any atom is 0.280 e. The molecule has 8 N–H and O–H groups in total. The van der Waals surface area contributed by atoms with E-state index in [1.54, 1.807) is 0 Å². The Bertz CT molecular complexity index is 394. The monoisotopic (exact) mass is 320 g/mol. The molecule has 0 aliphatic carbocycles. The molecule has 6 unspecified atom stereocenters. The number of quaternary nitrogens is 1. The Morgan fingerprint density at radius 1 is 1.27 bits per heavy atom. The van der Waals surface area contributed by atoms with Crippen molar-refractivity contribution in [1.29, 1.82) is 0 Å². The van der Waals surface area contributed by atoms with E-state index in [4.69, 9.17) is 4.74 Å². The molecule has 128 valence electrons. The third kappa shape index (κ3) is 4.62. The number of ether oxygens (including phenoxy) is 1. The molecule has 1 rings (SSSR count). The topological polar surface area (TPSA) is 156 Å². The lowest BCUT2D eigenvalue weighted by Crippen LogP contribution is -2.72. The largest absolute Gasteiger partial charge is 0.394 e. The first kappa shape index (κ1) is 18.8. The fourth-order valence-corrected chi connectivity index (χ4v) is 2.37. The second kappa shape index (κ2) is 8.39. The average molecular weight is 320 g/mol. The van der Waals surface area contributed by atoms with Gasteiger partial charge >= 0.3 is 0 Å². The summed E-state index contributed by atoms with van der Waals surface area (Å²) in [6.07, 6.45) is -3.51. The molecule has 9 heteroatoms. The van der Waals surface area contributed by atoms with E-state index in [0.717, 1.165) is 6.42 Å². The zero-order valence-electron chi connectivity index (χ0n) is 12.9. The maximum absolute atomic E-state index is 12.0. The number of nitrogens with one attached hydrogen (secondary N) is 2. The van der Waals surface area contributed by atoms with Gasteiger partial charge in [-0.1, -0.05) is 6.92 Å². The Morgan fingerprint density at radius 2 is 1.91 bits per heavy atom. The fourth-order valence-electron chi connectivity index (χ4n) is 2.37. The summed E-state index contributed by atoms with van der Waals surface area (Å²) in [5.41, 5.74) is 3.74. The minimum Gasteiger partial charge on any atom is -0.394 e. The van der Waals surface area contributed by atoms with Gasteiger partial charge in [-0.15, -0.1) is 0 Å². The Labute approximate surface area is 128 Å². The highest BCUT2D eigenvalue weighted by Crippen LogP contribution is 2.20. The van der Waals surface area contributed by atoms with E-state index in [-0.39, 0.29) is 5.91 Å². The van der Waals surface area contributed by atoms with Gasteiger partial charge in [-0.25, -0.2) is 0 Å². The van der Waals surface area contributed by atoms with Gasteiger partial charge in [0.1, 0.15) is 24.4 Å². The van der Waals surface area contributed by atoms with Crippen molar-refractivity contribution in [2.24, 2.45) is 0 Å². The second-order valence-corrected chi connectivity index (χ2v) is 5.48. The number of aliphatic hydroxyl groups excluding tert-OH is 3. The third-order valence-electron chi connectivity index (χ3n) is 3.59. The van der Waals surface area contributed by atoms with Crippen LogP contribution in [-0.2, 0) is 14.3 Å². The zero-order chi connectivity index (χ0) is 16.9. The van der Waals surface area contributed by atoms with Crippen LogP contribution < -0.4 is 16.4 Å². The summed E-state index contributed by atoms with van der Waals surface area (Å²) in [4.78, 5) is 23.3. The van der Waals surface area contributed by atoms with Crippen molar-refractivity contribution in [2.75, 3.05) is 6.61 Å². The molecule has 0 bridgehead atoms. The predicted octanol–water partition coefficient (Wildman–Crippen LogP) is -3.54. The van der Waals surface area contributed by atoms with E-state index in [2.05, 4.69) is 16.4 Å². The molecule has 1 heterocycles. The molecule has 1 saturated heterocycles. The van der Waals surface area contributed by atoms with E-state index in [9.17, 15) is 24.9 Å². The minimum absolute atomic E-state index is 0.387. The van der Waals surface area contributed by atoms with Crippen LogP contribution in [0, 0.1) is 0 Å². The van der Waals surface area contributed by atoms with Crippen molar-refractivity contribution in [1.82, 2.24) is 10.6 Å². The van der Waals surface area contributed by atoms with Crippen LogP contribution >= 0.6 is 0 Å². The van der Waals surface area contributed by atoms with Gasteiger partial charge in [-0.05, 0) is 6.42 Å². The smallest absolute Gasteiger partial charge is 0.280 e. The van der Waals surface area contributed by atoms with Crippen molar-refractivity contribution in [2.45, 2.75) is 63.3 Å². The van der Waals surface area contributed by atoms with Gasteiger partial charge in [-0.2, -0.15) is 0 Å². The number of aliphatic hydroxyl groups is 3. The van der Waals surface area contributed by atoms with Crippen molar-refractivity contribution in [3.8, 4) is 0 Å². The first-order chi connectivity index (χ1) is 10.3. The quantitative estimate of drug-likeness (QED) is 0.298. The molecule has 6 atom stereocenters. The summed E-state index contributed by atoms with van der Waals surface area (Å²) >= 11 is 0. The van der Waals surface area contributed by atoms with Crippen LogP contribution in [0.25, 0.3) is 0 Å². The highest BCUT2D eigenvalue weighted by atomic mass is 16.5. The van der Waals surface area contributed by atoms with Crippen molar-refractivity contribution in [3.63, 3.8) is 0 Å². The number of carbonyl (C=O) groups is 2. The SMILES string of the molecule is CCCC([NH3+])C(=O)NC1OC(CO)C(O)C(O)C1NC(C)=O. The van der Waals surface area contributed by atoms with Gasteiger partial charge in [0.2, 0.25) is 5.91 Å². The molecule has 2 amide bonds. The molecule has 9 nitrogen and oxygen atoms in total. The van der Waals surface area contributed by atoms with Crippen molar-refractivity contribution < 1.29 is 35.4 Å². The molecule has 0 radical (unpaired) electrons. The highest BCUT2D eigenvalue weighted by molar-refractivity contribution is 5.80. The summed E-state index contributed by atoms with van der Waals surface area (Å²) in [5, 5.41) is 34.1. The van der Waals surface area contributed by atoms with Crippen LogP contribution in [0.5, 0.6) is 0 Å². The van der Waals surface area contributed by atoms with Gasteiger partial charge in [-0.3, -0.25) is 9.59 Å². The van der Waals surface area contributed by atoms with Crippen LogP contribution in [-0.4, -0.2) is 70.4 Å². The number of amides is 2. The first-order valence-electron chi connectivity index (χ1n) is 7.34. The molecular formula is C13H26N3O6+. The lowest BCUT2D eigenvalue weighted by Gasteiger charge is -2.42. The van der Waals surface area contributed by atoms with Gasteiger partial charge in [0.05, 0.1) is 6.61 Å². The number of carbonyl (C=O) groups excluding carboxylic acids is 2. The van der Waals surface area contributed by atoms with Crippen LogP contribution in [0.3, 0.4) is 0 Å². The van der Waals surface area contributed by atoms with Crippen LogP contribution in [0.2, 0.25) is 0 Å². The van der Waals surface area contributed by atoms with E-state index in [1.807, 2.05) is 6.92 Å². The highest BCUT2D eigenvalue weighted by Gasteiger charge is 2.45. The standard InChI is InChI=1S/C13H25N3O6/c1-3-4-7(14)12(21)16-13-9(15-6(2)18)11(20)10(19)8(5-17)22-13/h7-11,13,17,19-20H,3-5,14H2,1-2H3,(H,15,18)(H,16,21)/p+1. The Kier molecular flexibility index (Phi) is 7.17. The van der Waals surface area contributed by atoms with E-state index >= 15 is 0 Å². The molecule has 1 fully saturated rings. The Hall–Kier alpha value is -1.26. The van der Waals surface area contributed by atoms with Gasteiger partial charge < -0.3 is 36.4 Å². The zero-order valence-corrected chi connectivity index (χ0v) is 12.9. The number of rotatable bonds is 6. The summed E-state index contributed by atoms with van der Waals surface area (Å²) in [6, 6.07) is -1.52. The van der Waals surface area contributed by atoms with E-state index in [0.29, 0.717) is 6.42 Å². The summed E-state index contributed by atoms with van der Waals surface area (Å²) in [5.74, 6) is -0.830. The molecule has 1 aliphatic rings. The van der Waals surface area contributed by atoms with Crippen molar-refractivity contribution in [3.05, 3.63) is 0 Å². The summed E-state index contributed by atoms with van der Waals surface area (Å²) in [6.45, 7) is 2.64.